The summed E-state index contributed by atoms with van der Waals surface area (Å²) in [7, 11) is 1.97. The maximum Gasteiger partial charge on any atom is 0.225 e. The third-order valence-corrected chi connectivity index (χ3v) is 4.07. The van der Waals surface area contributed by atoms with Crippen LogP contribution < -0.4 is 5.32 Å². The highest BCUT2D eigenvalue weighted by molar-refractivity contribution is 5.85. The van der Waals surface area contributed by atoms with Crippen LogP contribution in [0.4, 0.5) is 4.39 Å². The Bertz CT molecular complexity index is 461. The molecule has 1 amide bonds. The molecule has 0 aliphatic carbocycles. The summed E-state index contributed by atoms with van der Waals surface area (Å²) in [6.07, 6.45) is 2.62. The molecule has 0 spiro atoms. The summed E-state index contributed by atoms with van der Waals surface area (Å²) in [5.74, 6) is -0.149. The van der Waals surface area contributed by atoms with Gasteiger partial charge in [-0.2, -0.15) is 0 Å². The number of benzene rings is 1. The van der Waals surface area contributed by atoms with E-state index in [0.717, 1.165) is 31.5 Å². The summed E-state index contributed by atoms with van der Waals surface area (Å²) in [4.78, 5) is 14.3. The first-order valence-electron chi connectivity index (χ1n) is 7.30. The lowest BCUT2D eigenvalue weighted by molar-refractivity contribution is -0.136. The molecule has 2 rings (SSSR count). The van der Waals surface area contributed by atoms with Gasteiger partial charge in [0.1, 0.15) is 5.82 Å². The lowest BCUT2D eigenvalue weighted by Gasteiger charge is -2.33. The maximum atomic E-state index is 13.2. The second-order valence-electron chi connectivity index (χ2n) is 5.62. The quantitative estimate of drug-likeness (QED) is 0.926. The van der Waals surface area contributed by atoms with Crippen molar-refractivity contribution in [2.45, 2.75) is 32.2 Å². The van der Waals surface area contributed by atoms with Crippen LogP contribution in [-0.4, -0.2) is 37.0 Å². The Kier molecular flexibility index (Phi) is 7.12. The van der Waals surface area contributed by atoms with E-state index in [-0.39, 0.29) is 30.0 Å². The van der Waals surface area contributed by atoms with Gasteiger partial charge in [-0.15, -0.1) is 12.4 Å². The van der Waals surface area contributed by atoms with Crippen LogP contribution in [0.25, 0.3) is 0 Å². The molecule has 0 aromatic heterocycles. The van der Waals surface area contributed by atoms with Gasteiger partial charge >= 0.3 is 0 Å². The third-order valence-electron chi connectivity index (χ3n) is 4.07. The monoisotopic (exact) mass is 314 g/mol. The predicted molar refractivity (Wildman–Crippen MR) is 85.2 cm³/mol. The molecule has 1 fully saturated rings. The maximum absolute atomic E-state index is 13.2. The molecule has 1 unspecified atom stereocenters. The van der Waals surface area contributed by atoms with Crippen LogP contribution in [-0.2, 0) is 11.2 Å². The Morgan fingerprint density at radius 3 is 2.67 bits per heavy atom. The van der Waals surface area contributed by atoms with Crippen LogP contribution in [0.3, 0.4) is 0 Å². The van der Waals surface area contributed by atoms with Gasteiger partial charge in [-0.25, -0.2) is 4.39 Å². The number of likely N-dealkylation sites (tertiary alicyclic amines) is 1. The van der Waals surface area contributed by atoms with Crippen LogP contribution in [0, 0.1) is 11.7 Å². The average Bonchev–Trinajstić information content (AvgIpc) is 2.46. The molecule has 3 nitrogen and oxygen atoms in total. The summed E-state index contributed by atoms with van der Waals surface area (Å²) in [6, 6.07) is 7.04. The van der Waals surface area contributed by atoms with E-state index >= 15 is 0 Å². The van der Waals surface area contributed by atoms with Crippen molar-refractivity contribution >= 4 is 18.3 Å². The van der Waals surface area contributed by atoms with Gasteiger partial charge in [-0.05, 0) is 44.0 Å². The molecular formula is C16H24ClFN2O. The fraction of sp³-hybridized carbons (Fsp3) is 0.562. The minimum Gasteiger partial charge on any atom is -0.342 e. The molecule has 1 aliphatic rings. The smallest absolute Gasteiger partial charge is 0.225 e. The lowest BCUT2D eigenvalue weighted by atomic mass is 9.97. The van der Waals surface area contributed by atoms with Crippen molar-refractivity contribution in [1.82, 2.24) is 10.2 Å². The van der Waals surface area contributed by atoms with Crippen molar-refractivity contribution in [2.75, 3.05) is 20.1 Å². The van der Waals surface area contributed by atoms with E-state index in [9.17, 15) is 9.18 Å². The SMILES string of the molecule is CNC1CCN(C(=O)C(C)Cc2cccc(F)c2)CC1.Cl. The van der Waals surface area contributed by atoms with E-state index in [4.69, 9.17) is 0 Å². The van der Waals surface area contributed by atoms with Gasteiger partial charge in [0.2, 0.25) is 5.91 Å². The average molecular weight is 315 g/mol. The number of piperidine rings is 1. The first-order chi connectivity index (χ1) is 9.60. The molecule has 5 heteroatoms. The van der Waals surface area contributed by atoms with Crippen LogP contribution in [0.1, 0.15) is 25.3 Å². The number of hydrogen-bond donors (Lipinski definition) is 1. The van der Waals surface area contributed by atoms with E-state index in [2.05, 4.69) is 5.32 Å². The molecule has 1 aromatic carbocycles. The molecule has 0 radical (unpaired) electrons. The van der Waals surface area contributed by atoms with Gasteiger partial charge < -0.3 is 10.2 Å². The molecule has 1 atom stereocenters. The van der Waals surface area contributed by atoms with Gasteiger partial charge in [0.25, 0.3) is 0 Å². The zero-order valence-corrected chi connectivity index (χ0v) is 13.5. The summed E-state index contributed by atoms with van der Waals surface area (Å²) in [5.41, 5.74) is 0.885. The fourth-order valence-electron chi connectivity index (χ4n) is 2.81. The van der Waals surface area contributed by atoms with Crippen LogP contribution in [0.15, 0.2) is 24.3 Å². The van der Waals surface area contributed by atoms with Crippen LogP contribution in [0.2, 0.25) is 0 Å². The molecule has 0 saturated carbocycles. The zero-order chi connectivity index (χ0) is 14.5. The van der Waals surface area contributed by atoms with Gasteiger partial charge in [0.15, 0.2) is 0 Å². The van der Waals surface area contributed by atoms with Crippen LogP contribution >= 0.6 is 12.4 Å². The first kappa shape index (κ1) is 17.9. The van der Waals surface area contributed by atoms with Crippen molar-refractivity contribution in [1.29, 1.82) is 0 Å². The molecule has 1 N–H and O–H groups in total. The van der Waals surface area contributed by atoms with E-state index in [1.54, 1.807) is 6.07 Å². The molecule has 1 saturated heterocycles. The van der Waals surface area contributed by atoms with E-state index in [1.807, 2.05) is 24.9 Å². The Balaban J connectivity index is 0.00000220. The Labute approximate surface area is 132 Å². The molecule has 118 valence electrons. The normalized spacial score (nSPS) is 17.2. The number of nitrogens with zero attached hydrogens (tertiary/aromatic N) is 1. The number of rotatable bonds is 4. The minimum absolute atomic E-state index is 0. The summed E-state index contributed by atoms with van der Waals surface area (Å²) < 4.78 is 13.2. The summed E-state index contributed by atoms with van der Waals surface area (Å²) in [5, 5.41) is 3.26. The number of halogens is 2. The topological polar surface area (TPSA) is 32.3 Å². The zero-order valence-electron chi connectivity index (χ0n) is 12.6. The number of hydrogen-bond acceptors (Lipinski definition) is 2. The minimum atomic E-state index is -0.239. The highest BCUT2D eigenvalue weighted by Crippen LogP contribution is 2.16. The lowest BCUT2D eigenvalue weighted by Crippen LogP contribution is -2.45. The highest BCUT2D eigenvalue weighted by Gasteiger charge is 2.25. The summed E-state index contributed by atoms with van der Waals surface area (Å²) >= 11 is 0. The second kappa shape index (κ2) is 8.35. The molecule has 1 aromatic rings. The van der Waals surface area contributed by atoms with E-state index in [0.29, 0.717) is 12.5 Å². The molecule has 21 heavy (non-hydrogen) atoms. The van der Waals surface area contributed by atoms with Gasteiger partial charge in [0.05, 0.1) is 0 Å². The van der Waals surface area contributed by atoms with Crippen LogP contribution in [0.5, 0.6) is 0 Å². The molecular weight excluding hydrogens is 291 g/mol. The van der Waals surface area contributed by atoms with Gasteiger partial charge in [0, 0.05) is 25.0 Å². The number of carbonyl (C=O) groups is 1. The molecule has 1 heterocycles. The highest BCUT2D eigenvalue weighted by atomic mass is 35.5. The van der Waals surface area contributed by atoms with Crippen molar-refractivity contribution in [2.24, 2.45) is 5.92 Å². The first-order valence-corrected chi connectivity index (χ1v) is 7.30. The second-order valence-corrected chi connectivity index (χ2v) is 5.62. The standard InChI is InChI=1S/C16H23FN2O.ClH/c1-12(10-13-4-3-5-14(17)11-13)16(20)19-8-6-15(18-2)7-9-19;/h3-5,11-12,15,18H,6-10H2,1-2H3;1H. The largest absolute Gasteiger partial charge is 0.342 e. The Morgan fingerprint density at radius 1 is 1.43 bits per heavy atom. The van der Waals surface area contributed by atoms with Crippen molar-refractivity contribution < 1.29 is 9.18 Å². The number of amides is 1. The van der Waals surface area contributed by atoms with E-state index in [1.165, 1.54) is 12.1 Å². The predicted octanol–water partition coefficient (Wildman–Crippen LogP) is 2.64. The third kappa shape index (κ3) is 4.97. The van der Waals surface area contributed by atoms with Gasteiger partial charge in [-0.1, -0.05) is 19.1 Å². The molecule has 1 aliphatic heterocycles. The van der Waals surface area contributed by atoms with E-state index < -0.39 is 0 Å². The van der Waals surface area contributed by atoms with Crippen molar-refractivity contribution in [3.8, 4) is 0 Å². The molecule has 0 bridgehead atoms. The Morgan fingerprint density at radius 2 is 2.10 bits per heavy atom. The van der Waals surface area contributed by atoms with Crippen molar-refractivity contribution in [3.63, 3.8) is 0 Å². The number of carbonyl (C=O) groups excluding carboxylic acids is 1. The fourth-order valence-corrected chi connectivity index (χ4v) is 2.81. The summed E-state index contributed by atoms with van der Waals surface area (Å²) in [6.45, 7) is 3.56. The van der Waals surface area contributed by atoms with Gasteiger partial charge in [-0.3, -0.25) is 4.79 Å². The Hall–Kier alpha value is -1.13. The van der Waals surface area contributed by atoms with Crippen molar-refractivity contribution in [3.05, 3.63) is 35.6 Å². The number of nitrogens with one attached hydrogen (secondary N) is 1.